The first kappa shape index (κ1) is 14.3. The molecule has 2 rings (SSSR count). The summed E-state index contributed by atoms with van der Waals surface area (Å²) in [7, 11) is 0. The van der Waals surface area contributed by atoms with Crippen LogP contribution in [-0.2, 0) is 0 Å². The van der Waals surface area contributed by atoms with Gasteiger partial charge in [0.1, 0.15) is 0 Å². The number of aromatic nitrogens is 1. The lowest BCUT2D eigenvalue weighted by molar-refractivity contribution is 0.0939. The van der Waals surface area contributed by atoms with E-state index >= 15 is 0 Å². The maximum absolute atomic E-state index is 12.2. The first-order chi connectivity index (χ1) is 9.47. The number of nitrogens with zero attached hydrogens (tertiary/aromatic N) is 1. The molecule has 1 aromatic carbocycles. The lowest BCUT2D eigenvalue weighted by Crippen LogP contribution is -2.27. The number of nitrogens with two attached hydrogens (primary N) is 1. The summed E-state index contributed by atoms with van der Waals surface area (Å²) in [5.74, 6) is -0.190. The molecule has 0 aliphatic heterocycles. The van der Waals surface area contributed by atoms with Crippen LogP contribution in [-0.4, -0.2) is 10.9 Å². The molecule has 1 amide bonds. The van der Waals surface area contributed by atoms with Gasteiger partial charge in [-0.05, 0) is 37.6 Å². The number of halogens is 1. The fraction of sp³-hybridized carbons (Fsp3) is 0.200. The van der Waals surface area contributed by atoms with Crippen molar-refractivity contribution < 1.29 is 4.79 Å². The quantitative estimate of drug-likeness (QED) is 0.912. The van der Waals surface area contributed by atoms with Gasteiger partial charge in [0.25, 0.3) is 5.91 Å². The molecule has 2 aromatic rings. The normalized spacial score (nSPS) is 11.9. The minimum atomic E-state index is -0.190. The number of carbonyl (C=O) groups is 1. The Morgan fingerprint density at radius 2 is 2.00 bits per heavy atom. The van der Waals surface area contributed by atoms with Crippen molar-refractivity contribution in [3.8, 4) is 0 Å². The maximum Gasteiger partial charge on any atom is 0.253 e. The second-order valence-electron chi connectivity index (χ2n) is 4.65. The van der Waals surface area contributed by atoms with Gasteiger partial charge >= 0.3 is 0 Å². The van der Waals surface area contributed by atoms with Gasteiger partial charge in [0.2, 0.25) is 0 Å². The van der Waals surface area contributed by atoms with Crippen LogP contribution in [0.2, 0.25) is 5.02 Å². The molecule has 0 saturated carbocycles. The number of amides is 1. The number of nitrogen functional groups attached to an aromatic ring is 1. The summed E-state index contributed by atoms with van der Waals surface area (Å²) in [6, 6.07) is 8.88. The molecule has 104 valence electrons. The predicted molar refractivity (Wildman–Crippen MR) is 80.7 cm³/mol. The molecule has 1 aromatic heterocycles. The highest BCUT2D eigenvalue weighted by molar-refractivity contribution is 6.30. The van der Waals surface area contributed by atoms with E-state index < -0.39 is 0 Å². The van der Waals surface area contributed by atoms with Crippen molar-refractivity contribution in [1.29, 1.82) is 0 Å². The fourth-order valence-corrected chi connectivity index (χ4v) is 2.01. The van der Waals surface area contributed by atoms with Gasteiger partial charge in [-0.3, -0.25) is 9.78 Å². The van der Waals surface area contributed by atoms with Crippen LogP contribution in [0, 0.1) is 6.92 Å². The second-order valence-corrected chi connectivity index (χ2v) is 5.08. The molecule has 0 spiro atoms. The Morgan fingerprint density at radius 1 is 1.35 bits per heavy atom. The smallest absolute Gasteiger partial charge is 0.253 e. The lowest BCUT2D eigenvalue weighted by Gasteiger charge is -2.15. The van der Waals surface area contributed by atoms with Crippen LogP contribution in [0.25, 0.3) is 0 Å². The van der Waals surface area contributed by atoms with Gasteiger partial charge in [-0.1, -0.05) is 23.7 Å². The highest BCUT2D eigenvalue weighted by Crippen LogP contribution is 2.17. The average Bonchev–Trinajstić information content (AvgIpc) is 2.42. The van der Waals surface area contributed by atoms with Crippen molar-refractivity contribution in [2.24, 2.45) is 0 Å². The Balaban J connectivity index is 2.15. The minimum absolute atomic E-state index is 0.124. The molecule has 0 fully saturated rings. The molecule has 1 atom stereocenters. The lowest BCUT2D eigenvalue weighted by atomic mass is 10.1. The van der Waals surface area contributed by atoms with Crippen molar-refractivity contribution in [1.82, 2.24) is 10.3 Å². The van der Waals surface area contributed by atoms with E-state index in [1.54, 1.807) is 25.1 Å². The summed E-state index contributed by atoms with van der Waals surface area (Å²) >= 11 is 5.85. The van der Waals surface area contributed by atoms with Gasteiger partial charge < -0.3 is 11.1 Å². The molecule has 4 nitrogen and oxygen atoms in total. The molecule has 20 heavy (non-hydrogen) atoms. The van der Waals surface area contributed by atoms with Crippen LogP contribution < -0.4 is 11.1 Å². The molecular weight excluding hydrogens is 274 g/mol. The van der Waals surface area contributed by atoms with E-state index in [1.807, 2.05) is 19.1 Å². The number of benzene rings is 1. The summed E-state index contributed by atoms with van der Waals surface area (Å²) < 4.78 is 0. The molecule has 0 saturated heterocycles. The van der Waals surface area contributed by atoms with Crippen molar-refractivity contribution in [3.63, 3.8) is 0 Å². The third-order valence-electron chi connectivity index (χ3n) is 3.07. The summed E-state index contributed by atoms with van der Waals surface area (Å²) in [5, 5.41) is 3.59. The van der Waals surface area contributed by atoms with E-state index in [2.05, 4.69) is 10.3 Å². The van der Waals surface area contributed by atoms with Gasteiger partial charge in [0, 0.05) is 5.02 Å². The Kier molecular flexibility index (Phi) is 4.25. The summed E-state index contributed by atoms with van der Waals surface area (Å²) in [4.78, 5) is 16.3. The molecule has 0 aliphatic rings. The Morgan fingerprint density at radius 3 is 2.65 bits per heavy atom. The van der Waals surface area contributed by atoms with E-state index in [4.69, 9.17) is 17.3 Å². The van der Waals surface area contributed by atoms with Crippen LogP contribution in [0.4, 0.5) is 5.69 Å². The van der Waals surface area contributed by atoms with Crippen molar-refractivity contribution >= 4 is 23.2 Å². The standard InChI is InChI=1S/C15H16ClN3O/c1-9(11-3-5-12(16)6-4-11)19-15(20)14-7-13(17)8-18-10(14)2/h3-9H,17H2,1-2H3,(H,19,20). The molecule has 1 unspecified atom stereocenters. The van der Waals surface area contributed by atoms with Gasteiger partial charge in [-0.25, -0.2) is 0 Å². The first-order valence-electron chi connectivity index (χ1n) is 6.26. The van der Waals surface area contributed by atoms with Crippen molar-refractivity contribution in [2.45, 2.75) is 19.9 Å². The van der Waals surface area contributed by atoms with Crippen molar-refractivity contribution in [3.05, 3.63) is 58.4 Å². The zero-order valence-electron chi connectivity index (χ0n) is 11.4. The highest BCUT2D eigenvalue weighted by atomic mass is 35.5. The zero-order chi connectivity index (χ0) is 14.7. The van der Waals surface area contributed by atoms with Crippen LogP contribution >= 0.6 is 11.6 Å². The molecule has 0 bridgehead atoms. The number of nitrogens with one attached hydrogen (secondary N) is 1. The highest BCUT2D eigenvalue weighted by Gasteiger charge is 2.14. The van der Waals surface area contributed by atoms with E-state index in [9.17, 15) is 4.79 Å². The average molecular weight is 290 g/mol. The maximum atomic E-state index is 12.2. The fourth-order valence-electron chi connectivity index (χ4n) is 1.89. The number of pyridine rings is 1. The molecule has 3 N–H and O–H groups in total. The van der Waals surface area contributed by atoms with Crippen molar-refractivity contribution in [2.75, 3.05) is 5.73 Å². The van der Waals surface area contributed by atoms with E-state index in [0.29, 0.717) is 22.0 Å². The number of aryl methyl sites for hydroxylation is 1. The second kappa shape index (κ2) is 5.92. The van der Waals surface area contributed by atoms with Gasteiger partial charge in [0.15, 0.2) is 0 Å². The molecule has 5 heteroatoms. The van der Waals surface area contributed by atoms with Crippen LogP contribution in [0.1, 0.15) is 34.6 Å². The number of hydrogen-bond acceptors (Lipinski definition) is 3. The summed E-state index contributed by atoms with van der Waals surface area (Å²) in [5.41, 5.74) is 8.27. The van der Waals surface area contributed by atoms with E-state index in [1.165, 1.54) is 6.20 Å². The third-order valence-corrected chi connectivity index (χ3v) is 3.32. The Hall–Kier alpha value is -2.07. The molecule has 1 heterocycles. The summed E-state index contributed by atoms with van der Waals surface area (Å²) in [6.45, 7) is 3.69. The number of carbonyl (C=O) groups excluding carboxylic acids is 1. The zero-order valence-corrected chi connectivity index (χ0v) is 12.1. The molecular formula is C15H16ClN3O. The third kappa shape index (κ3) is 3.27. The Labute approximate surface area is 123 Å². The molecule has 0 radical (unpaired) electrons. The molecule has 0 aliphatic carbocycles. The summed E-state index contributed by atoms with van der Waals surface area (Å²) in [6.07, 6.45) is 1.54. The van der Waals surface area contributed by atoms with Gasteiger partial charge in [0.05, 0.1) is 29.2 Å². The van der Waals surface area contributed by atoms with E-state index in [-0.39, 0.29) is 11.9 Å². The van der Waals surface area contributed by atoms with E-state index in [0.717, 1.165) is 5.56 Å². The largest absolute Gasteiger partial charge is 0.397 e. The SMILES string of the molecule is Cc1ncc(N)cc1C(=O)NC(C)c1ccc(Cl)cc1. The topological polar surface area (TPSA) is 68.0 Å². The minimum Gasteiger partial charge on any atom is -0.397 e. The number of anilines is 1. The predicted octanol–water partition coefficient (Wildman–Crippen LogP) is 3.12. The first-order valence-corrected chi connectivity index (χ1v) is 6.63. The van der Waals surface area contributed by atoms with Gasteiger partial charge in [-0.2, -0.15) is 0 Å². The Bertz CT molecular complexity index is 626. The monoisotopic (exact) mass is 289 g/mol. The van der Waals surface area contributed by atoms with Gasteiger partial charge in [-0.15, -0.1) is 0 Å². The van der Waals surface area contributed by atoms with Crippen LogP contribution in [0.3, 0.4) is 0 Å². The number of hydrogen-bond donors (Lipinski definition) is 2. The van der Waals surface area contributed by atoms with Crippen LogP contribution in [0.5, 0.6) is 0 Å². The number of rotatable bonds is 3. The van der Waals surface area contributed by atoms with Crippen LogP contribution in [0.15, 0.2) is 36.5 Å².